The zero-order chi connectivity index (χ0) is 13.8. The van der Waals surface area contributed by atoms with E-state index in [-0.39, 0.29) is 6.03 Å². The second-order valence-electron chi connectivity index (χ2n) is 4.38. The molecule has 2 amide bonds. The van der Waals surface area contributed by atoms with Crippen LogP contribution >= 0.6 is 0 Å². The molecule has 1 heterocycles. The number of rotatable bonds is 3. The number of carbonyl (C=O) groups is 1. The van der Waals surface area contributed by atoms with Gasteiger partial charge < -0.3 is 5.32 Å². The van der Waals surface area contributed by atoms with E-state index >= 15 is 0 Å². The first-order chi connectivity index (χ1) is 9.10. The first-order valence-electron chi connectivity index (χ1n) is 6.28. The number of benzene rings is 1. The fourth-order valence-corrected chi connectivity index (χ4v) is 1.87. The van der Waals surface area contributed by atoms with Gasteiger partial charge in [-0.1, -0.05) is 18.2 Å². The fourth-order valence-electron chi connectivity index (χ4n) is 1.87. The first kappa shape index (κ1) is 13.1. The Morgan fingerprint density at radius 3 is 2.68 bits per heavy atom. The lowest BCUT2D eigenvalue weighted by Gasteiger charge is -2.10. The van der Waals surface area contributed by atoms with E-state index < -0.39 is 0 Å². The van der Waals surface area contributed by atoms with Gasteiger partial charge in [0.05, 0.1) is 5.69 Å². The lowest BCUT2D eigenvalue weighted by atomic mass is 10.2. The molecule has 0 spiro atoms. The Bertz CT molecular complexity index is 589. The SMILES string of the molecule is CCn1nc(C)cc1NC(=O)Nc1ccccc1C. The summed E-state index contributed by atoms with van der Waals surface area (Å²) in [4.78, 5) is 11.9. The van der Waals surface area contributed by atoms with Crippen molar-refractivity contribution in [2.45, 2.75) is 27.3 Å². The summed E-state index contributed by atoms with van der Waals surface area (Å²) in [7, 11) is 0. The average Bonchev–Trinajstić information content (AvgIpc) is 2.72. The molecule has 0 saturated carbocycles. The van der Waals surface area contributed by atoms with E-state index in [1.54, 1.807) is 4.68 Å². The molecular weight excluding hydrogens is 240 g/mol. The third-order valence-electron chi connectivity index (χ3n) is 2.84. The van der Waals surface area contributed by atoms with Gasteiger partial charge in [-0.25, -0.2) is 9.48 Å². The number of carbonyl (C=O) groups excluding carboxylic acids is 1. The van der Waals surface area contributed by atoms with Crippen LogP contribution in [0.25, 0.3) is 0 Å². The summed E-state index contributed by atoms with van der Waals surface area (Å²) in [5.74, 6) is 0.700. The molecule has 5 nitrogen and oxygen atoms in total. The molecule has 0 aliphatic rings. The zero-order valence-corrected chi connectivity index (χ0v) is 11.4. The average molecular weight is 258 g/mol. The van der Waals surface area contributed by atoms with E-state index in [1.165, 1.54) is 0 Å². The topological polar surface area (TPSA) is 59.0 Å². The number of urea groups is 1. The molecule has 19 heavy (non-hydrogen) atoms. The molecule has 1 aromatic carbocycles. The van der Waals surface area contributed by atoms with Crippen LogP contribution in [0.5, 0.6) is 0 Å². The van der Waals surface area contributed by atoms with Crippen LogP contribution in [0.3, 0.4) is 0 Å². The van der Waals surface area contributed by atoms with Crippen molar-refractivity contribution in [1.29, 1.82) is 0 Å². The highest BCUT2D eigenvalue weighted by atomic mass is 16.2. The summed E-state index contributed by atoms with van der Waals surface area (Å²) in [6, 6.07) is 9.24. The second-order valence-corrected chi connectivity index (χ2v) is 4.38. The largest absolute Gasteiger partial charge is 0.324 e. The van der Waals surface area contributed by atoms with E-state index in [0.717, 1.165) is 16.9 Å². The predicted molar refractivity (Wildman–Crippen MR) is 76.5 cm³/mol. The molecule has 0 aliphatic heterocycles. The predicted octanol–water partition coefficient (Wildman–Crippen LogP) is 3.16. The van der Waals surface area contributed by atoms with Gasteiger partial charge in [0.1, 0.15) is 5.82 Å². The molecule has 0 bridgehead atoms. The standard InChI is InChI=1S/C14H18N4O/c1-4-18-13(9-11(3)17-18)16-14(19)15-12-8-6-5-7-10(12)2/h5-9H,4H2,1-3H3,(H2,15,16,19). The van der Waals surface area contributed by atoms with Gasteiger partial charge in [0.15, 0.2) is 0 Å². The lowest BCUT2D eigenvalue weighted by molar-refractivity contribution is 0.262. The van der Waals surface area contributed by atoms with Gasteiger partial charge in [-0.15, -0.1) is 0 Å². The van der Waals surface area contributed by atoms with E-state index in [0.29, 0.717) is 12.4 Å². The van der Waals surface area contributed by atoms with Gasteiger partial charge in [0, 0.05) is 18.3 Å². The molecule has 1 aromatic heterocycles. The van der Waals surface area contributed by atoms with Crippen molar-refractivity contribution in [3.05, 3.63) is 41.6 Å². The number of amides is 2. The number of hydrogen-bond acceptors (Lipinski definition) is 2. The summed E-state index contributed by atoms with van der Waals surface area (Å²) < 4.78 is 1.76. The molecule has 2 aromatic rings. The van der Waals surface area contributed by atoms with Crippen molar-refractivity contribution in [1.82, 2.24) is 9.78 Å². The highest BCUT2D eigenvalue weighted by Crippen LogP contribution is 2.14. The van der Waals surface area contributed by atoms with E-state index in [1.807, 2.05) is 51.1 Å². The Labute approximate surface area is 112 Å². The number of para-hydroxylation sites is 1. The lowest BCUT2D eigenvalue weighted by Crippen LogP contribution is -2.21. The Morgan fingerprint density at radius 1 is 1.26 bits per heavy atom. The van der Waals surface area contributed by atoms with Gasteiger partial charge in [-0.3, -0.25) is 5.32 Å². The van der Waals surface area contributed by atoms with Crippen LogP contribution < -0.4 is 10.6 Å². The van der Waals surface area contributed by atoms with Gasteiger partial charge in [0.2, 0.25) is 0 Å². The molecule has 100 valence electrons. The number of nitrogens with zero attached hydrogens (tertiary/aromatic N) is 2. The summed E-state index contributed by atoms with van der Waals surface area (Å²) in [5.41, 5.74) is 2.71. The minimum Gasteiger partial charge on any atom is -0.307 e. The molecule has 0 radical (unpaired) electrons. The number of nitrogens with one attached hydrogen (secondary N) is 2. The number of anilines is 2. The molecule has 0 aliphatic carbocycles. The molecule has 0 fully saturated rings. The van der Waals surface area contributed by atoms with Crippen molar-refractivity contribution in [3.8, 4) is 0 Å². The van der Waals surface area contributed by atoms with Crippen molar-refractivity contribution in [2.75, 3.05) is 10.6 Å². The normalized spacial score (nSPS) is 10.3. The Balaban J connectivity index is 2.07. The number of aryl methyl sites for hydroxylation is 3. The minimum atomic E-state index is -0.260. The van der Waals surface area contributed by atoms with E-state index in [2.05, 4.69) is 15.7 Å². The van der Waals surface area contributed by atoms with Crippen molar-refractivity contribution >= 4 is 17.5 Å². The molecular formula is C14H18N4O. The van der Waals surface area contributed by atoms with Gasteiger partial charge in [-0.05, 0) is 32.4 Å². The molecule has 2 N–H and O–H groups in total. The van der Waals surface area contributed by atoms with Gasteiger partial charge in [-0.2, -0.15) is 5.10 Å². The van der Waals surface area contributed by atoms with Crippen LogP contribution in [-0.4, -0.2) is 15.8 Å². The molecule has 2 rings (SSSR count). The van der Waals surface area contributed by atoms with Crippen LogP contribution in [0.15, 0.2) is 30.3 Å². The van der Waals surface area contributed by atoms with Crippen molar-refractivity contribution in [3.63, 3.8) is 0 Å². The maximum Gasteiger partial charge on any atom is 0.324 e. The van der Waals surface area contributed by atoms with E-state index in [9.17, 15) is 4.79 Å². The summed E-state index contributed by atoms with van der Waals surface area (Å²) >= 11 is 0. The van der Waals surface area contributed by atoms with Crippen LogP contribution in [0.1, 0.15) is 18.2 Å². The molecule has 0 saturated heterocycles. The highest BCUT2D eigenvalue weighted by Gasteiger charge is 2.09. The van der Waals surface area contributed by atoms with Gasteiger partial charge in [0.25, 0.3) is 0 Å². The van der Waals surface area contributed by atoms with Crippen LogP contribution in [-0.2, 0) is 6.54 Å². The Hall–Kier alpha value is -2.30. The fraction of sp³-hybridized carbons (Fsp3) is 0.286. The monoisotopic (exact) mass is 258 g/mol. The van der Waals surface area contributed by atoms with Crippen LogP contribution in [0.2, 0.25) is 0 Å². The number of aromatic nitrogens is 2. The Kier molecular flexibility index (Phi) is 3.85. The smallest absolute Gasteiger partial charge is 0.307 e. The third-order valence-corrected chi connectivity index (χ3v) is 2.84. The Morgan fingerprint density at radius 2 is 2.00 bits per heavy atom. The maximum absolute atomic E-state index is 11.9. The zero-order valence-electron chi connectivity index (χ0n) is 11.4. The summed E-state index contributed by atoms with van der Waals surface area (Å²) in [6.07, 6.45) is 0. The molecule has 0 unspecified atom stereocenters. The number of hydrogen-bond donors (Lipinski definition) is 2. The van der Waals surface area contributed by atoms with Crippen LogP contribution in [0.4, 0.5) is 16.3 Å². The molecule has 0 atom stereocenters. The van der Waals surface area contributed by atoms with Crippen LogP contribution in [0, 0.1) is 13.8 Å². The summed E-state index contributed by atoms with van der Waals surface area (Å²) in [5, 5.41) is 9.92. The van der Waals surface area contributed by atoms with Crippen molar-refractivity contribution < 1.29 is 4.79 Å². The van der Waals surface area contributed by atoms with Gasteiger partial charge >= 0.3 is 6.03 Å². The quantitative estimate of drug-likeness (QED) is 0.888. The minimum absolute atomic E-state index is 0.260. The molecule has 5 heteroatoms. The second kappa shape index (κ2) is 5.56. The third kappa shape index (κ3) is 3.13. The maximum atomic E-state index is 11.9. The first-order valence-corrected chi connectivity index (χ1v) is 6.28. The summed E-state index contributed by atoms with van der Waals surface area (Å²) in [6.45, 7) is 6.55. The highest BCUT2D eigenvalue weighted by molar-refractivity contribution is 5.99. The van der Waals surface area contributed by atoms with Crippen molar-refractivity contribution in [2.24, 2.45) is 0 Å². The van der Waals surface area contributed by atoms with E-state index in [4.69, 9.17) is 0 Å².